The van der Waals surface area contributed by atoms with Crippen LogP contribution >= 0.6 is 12.4 Å². The molecule has 1 atom stereocenters. The fourth-order valence-corrected chi connectivity index (χ4v) is 2.07. The summed E-state index contributed by atoms with van der Waals surface area (Å²) in [5.41, 5.74) is 8.57. The van der Waals surface area contributed by atoms with Gasteiger partial charge >= 0.3 is 6.18 Å². The van der Waals surface area contributed by atoms with Crippen molar-refractivity contribution >= 4 is 12.4 Å². The Hall–Kier alpha value is -1.52. The van der Waals surface area contributed by atoms with Gasteiger partial charge in [-0.15, -0.1) is 12.4 Å². The molecule has 2 aromatic carbocycles. The molecule has 0 radical (unpaired) electrons. The van der Waals surface area contributed by atoms with E-state index < -0.39 is 18.6 Å². The van der Waals surface area contributed by atoms with Gasteiger partial charge in [0.2, 0.25) is 0 Å². The fourth-order valence-electron chi connectivity index (χ4n) is 2.07. The average molecular weight is 316 g/mol. The molecule has 5 heteroatoms. The summed E-state index contributed by atoms with van der Waals surface area (Å²) in [6.07, 6.45) is -5.11. The smallest absolute Gasteiger partial charge is 0.324 e. The molecule has 1 nitrogen and oxygen atoms in total. The number of rotatable bonds is 4. The van der Waals surface area contributed by atoms with Gasteiger partial charge in [-0.05, 0) is 29.2 Å². The molecule has 114 valence electrons. The Morgan fingerprint density at radius 2 is 1.52 bits per heavy atom. The molecule has 0 saturated heterocycles. The van der Waals surface area contributed by atoms with Crippen LogP contribution in [-0.2, 0) is 0 Å². The van der Waals surface area contributed by atoms with Crippen molar-refractivity contribution in [3.05, 3.63) is 60.2 Å². The Balaban J connectivity index is 0.00000220. The van der Waals surface area contributed by atoms with E-state index in [0.29, 0.717) is 0 Å². The lowest BCUT2D eigenvalue weighted by Crippen LogP contribution is -2.15. The van der Waals surface area contributed by atoms with Crippen molar-refractivity contribution in [2.45, 2.75) is 25.1 Å². The second kappa shape index (κ2) is 7.48. The van der Waals surface area contributed by atoms with E-state index in [0.717, 1.165) is 16.7 Å². The number of nitrogens with two attached hydrogens (primary N) is 1. The molecule has 0 bridgehead atoms. The van der Waals surface area contributed by atoms with Crippen LogP contribution in [0.25, 0.3) is 11.1 Å². The van der Waals surface area contributed by atoms with Gasteiger partial charge < -0.3 is 5.73 Å². The van der Waals surface area contributed by atoms with Gasteiger partial charge in [-0.25, -0.2) is 0 Å². The third kappa shape index (κ3) is 5.40. The van der Waals surface area contributed by atoms with Crippen molar-refractivity contribution in [3.63, 3.8) is 0 Å². The summed E-state index contributed by atoms with van der Waals surface area (Å²) in [7, 11) is 0. The van der Waals surface area contributed by atoms with E-state index in [1.807, 2.05) is 48.5 Å². The molecule has 0 aliphatic carbocycles. The quantitative estimate of drug-likeness (QED) is 0.832. The molecule has 0 spiro atoms. The minimum atomic E-state index is -4.16. The minimum Gasteiger partial charge on any atom is -0.324 e. The first kappa shape index (κ1) is 17.5. The van der Waals surface area contributed by atoms with E-state index in [2.05, 4.69) is 0 Å². The third-order valence-electron chi connectivity index (χ3n) is 3.16. The standard InChI is InChI=1S/C16H16F3N.ClH/c17-16(18,19)10-9-15(20)14-8-4-7-13(11-14)12-5-2-1-3-6-12;/h1-8,11,15H,9-10,20H2;1H/t15-;/m1./s1. The van der Waals surface area contributed by atoms with Crippen LogP contribution < -0.4 is 5.73 Å². The van der Waals surface area contributed by atoms with E-state index >= 15 is 0 Å². The van der Waals surface area contributed by atoms with Crippen molar-refractivity contribution in [2.75, 3.05) is 0 Å². The van der Waals surface area contributed by atoms with Crippen molar-refractivity contribution in [3.8, 4) is 11.1 Å². The zero-order valence-electron chi connectivity index (χ0n) is 11.3. The number of hydrogen-bond donors (Lipinski definition) is 1. The number of hydrogen-bond acceptors (Lipinski definition) is 1. The molecule has 2 N–H and O–H groups in total. The number of benzene rings is 2. The summed E-state index contributed by atoms with van der Waals surface area (Å²) in [5, 5.41) is 0. The first-order valence-corrected chi connectivity index (χ1v) is 6.43. The highest BCUT2D eigenvalue weighted by atomic mass is 35.5. The maximum atomic E-state index is 12.2. The maximum Gasteiger partial charge on any atom is 0.389 e. The van der Waals surface area contributed by atoms with Gasteiger partial charge in [0.15, 0.2) is 0 Å². The predicted octanol–water partition coefficient (Wildman–Crippen LogP) is 5.12. The molecule has 0 amide bonds. The monoisotopic (exact) mass is 315 g/mol. The first-order chi connectivity index (χ1) is 9.46. The molecule has 0 fully saturated rings. The lowest BCUT2D eigenvalue weighted by molar-refractivity contribution is -0.136. The number of alkyl halides is 3. The Labute approximate surface area is 128 Å². The molecule has 0 heterocycles. The van der Waals surface area contributed by atoms with Crippen molar-refractivity contribution in [2.24, 2.45) is 5.73 Å². The van der Waals surface area contributed by atoms with Gasteiger partial charge in [0, 0.05) is 12.5 Å². The zero-order valence-corrected chi connectivity index (χ0v) is 12.1. The van der Waals surface area contributed by atoms with Crippen LogP contribution in [0.4, 0.5) is 13.2 Å². The zero-order chi connectivity index (χ0) is 14.6. The summed E-state index contributed by atoms with van der Waals surface area (Å²) >= 11 is 0. The lowest BCUT2D eigenvalue weighted by Gasteiger charge is -2.14. The largest absolute Gasteiger partial charge is 0.389 e. The SMILES string of the molecule is Cl.N[C@H](CCC(F)(F)F)c1cccc(-c2ccccc2)c1. The van der Waals surface area contributed by atoms with Crippen LogP contribution in [0.1, 0.15) is 24.4 Å². The average Bonchev–Trinajstić information content (AvgIpc) is 2.45. The van der Waals surface area contributed by atoms with Gasteiger partial charge in [-0.2, -0.15) is 13.2 Å². The molecular formula is C16H17ClF3N. The van der Waals surface area contributed by atoms with E-state index in [-0.39, 0.29) is 18.8 Å². The molecule has 0 aromatic heterocycles. The highest BCUT2D eigenvalue weighted by molar-refractivity contribution is 5.85. The molecule has 0 unspecified atom stereocenters. The molecule has 2 rings (SSSR count). The van der Waals surface area contributed by atoms with Gasteiger partial charge in [0.05, 0.1) is 0 Å². The van der Waals surface area contributed by atoms with Gasteiger partial charge in [0.25, 0.3) is 0 Å². The van der Waals surface area contributed by atoms with Crippen molar-refractivity contribution in [1.29, 1.82) is 0 Å². The lowest BCUT2D eigenvalue weighted by atomic mass is 9.97. The molecule has 0 aliphatic heterocycles. The predicted molar refractivity (Wildman–Crippen MR) is 81.3 cm³/mol. The van der Waals surface area contributed by atoms with Crippen LogP contribution in [-0.4, -0.2) is 6.18 Å². The highest BCUT2D eigenvalue weighted by Crippen LogP contribution is 2.28. The van der Waals surface area contributed by atoms with Crippen LogP contribution in [0, 0.1) is 0 Å². The summed E-state index contributed by atoms with van der Waals surface area (Å²) < 4.78 is 36.7. The van der Waals surface area contributed by atoms with Gasteiger partial charge in [-0.3, -0.25) is 0 Å². The van der Waals surface area contributed by atoms with Crippen LogP contribution in [0.3, 0.4) is 0 Å². The number of halogens is 4. The molecule has 21 heavy (non-hydrogen) atoms. The maximum absolute atomic E-state index is 12.2. The van der Waals surface area contributed by atoms with E-state index in [4.69, 9.17) is 5.73 Å². The van der Waals surface area contributed by atoms with Crippen LogP contribution in [0.2, 0.25) is 0 Å². The molecule has 0 saturated carbocycles. The summed E-state index contributed by atoms with van der Waals surface area (Å²) in [4.78, 5) is 0. The molecular weight excluding hydrogens is 299 g/mol. The van der Waals surface area contributed by atoms with E-state index in [9.17, 15) is 13.2 Å². The summed E-state index contributed by atoms with van der Waals surface area (Å²) in [6.45, 7) is 0. The normalized spacial score (nSPS) is 12.6. The summed E-state index contributed by atoms with van der Waals surface area (Å²) in [6, 6.07) is 16.5. The second-order valence-electron chi connectivity index (χ2n) is 4.75. The van der Waals surface area contributed by atoms with Crippen molar-refractivity contribution < 1.29 is 13.2 Å². The van der Waals surface area contributed by atoms with Crippen LogP contribution in [0.5, 0.6) is 0 Å². The highest BCUT2D eigenvalue weighted by Gasteiger charge is 2.27. The minimum absolute atomic E-state index is 0. The second-order valence-corrected chi connectivity index (χ2v) is 4.75. The Bertz CT molecular complexity index is 555. The summed E-state index contributed by atoms with van der Waals surface area (Å²) in [5.74, 6) is 0. The van der Waals surface area contributed by atoms with Crippen molar-refractivity contribution in [1.82, 2.24) is 0 Å². The molecule has 2 aromatic rings. The molecule has 0 aliphatic rings. The van der Waals surface area contributed by atoms with E-state index in [1.165, 1.54) is 0 Å². The Morgan fingerprint density at radius 3 is 2.14 bits per heavy atom. The topological polar surface area (TPSA) is 26.0 Å². The van der Waals surface area contributed by atoms with Gasteiger partial charge in [-0.1, -0.05) is 48.5 Å². The van der Waals surface area contributed by atoms with E-state index in [1.54, 1.807) is 6.07 Å². The fraction of sp³-hybridized carbons (Fsp3) is 0.250. The Morgan fingerprint density at radius 1 is 0.905 bits per heavy atom. The first-order valence-electron chi connectivity index (χ1n) is 6.43. The Kier molecular flexibility index (Phi) is 6.24. The van der Waals surface area contributed by atoms with Gasteiger partial charge in [0.1, 0.15) is 0 Å². The third-order valence-corrected chi connectivity index (χ3v) is 3.16. The van der Waals surface area contributed by atoms with Crippen LogP contribution in [0.15, 0.2) is 54.6 Å².